The van der Waals surface area contributed by atoms with Crippen molar-refractivity contribution in [2.75, 3.05) is 39.0 Å². The van der Waals surface area contributed by atoms with Crippen molar-refractivity contribution in [1.29, 1.82) is 0 Å². The molecule has 11 nitrogen and oxygen atoms in total. The lowest BCUT2D eigenvalue weighted by Crippen LogP contribution is -2.15. The molecule has 0 unspecified atom stereocenters. The van der Waals surface area contributed by atoms with Gasteiger partial charge in [0.1, 0.15) is 12.2 Å². The standard InChI is InChI=1S/C19H19N3O8S2/c1-28-6-7-30-16-10-14(22(24)25)12(9-15(16)29-2)18(23)21-19-20-13-5-4-11(32(3,26)27)8-17(13)31-19/h4-5,8-10H,6-7H2,1-3H3,(H,20,21,23). The van der Waals surface area contributed by atoms with Gasteiger partial charge in [-0.2, -0.15) is 0 Å². The van der Waals surface area contributed by atoms with Crippen molar-refractivity contribution in [1.82, 2.24) is 4.98 Å². The molecular weight excluding hydrogens is 462 g/mol. The van der Waals surface area contributed by atoms with Crippen molar-refractivity contribution in [3.63, 3.8) is 0 Å². The molecule has 170 valence electrons. The van der Waals surface area contributed by atoms with E-state index in [1.807, 2.05) is 0 Å². The zero-order chi connectivity index (χ0) is 23.5. The van der Waals surface area contributed by atoms with Crippen molar-refractivity contribution in [2.24, 2.45) is 0 Å². The Morgan fingerprint density at radius 2 is 1.94 bits per heavy atom. The number of nitro benzene ring substituents is 1. The lowest BCUT2D eigenvalue weighted by atomic mass is 10.1. The first kappa shape index (κ1) is 23.4. The molecule has 3 rings (SSSR count). The Morgan fingerprint density at radius 3 is 2.56 bits per heavy atom. The normalized spacial score (nSPS) is 11.3. The molecule has 0 atom stereocenters. The summed E-state index contributed by atoms with van der Waals surface area (Å²) in [5, 5.41) is 14.2. The van der Waals surface area contributed by atoms with Crippen LogP contribution in [0.25, 0.3) is 10.2 Å². The summed E-state index contributed by atoms with van der Waals surface area (Å²) in [5.74, 6) is -0.541. The van der Waals surface area contributed by atoms with Crippen molar-refractivity contribution in [3.05, 3.63) is 46.0 Å². The minimum Gasteiger partial charge on any atom is -0.493 e. The van der Waals surface area contributed by atoms with Crippen LogP contribution < -0.4 is 14.8 Å². The number of amides is 1. The molecule has 0 aliphatic carbocycles. The van der Waals surface area contributed by atoms with Gasteiger partial charge in [-0.1, -0.05) is 11.3 Å². The molecule has 1 heterocycles. The number of nitrogens with one attached hydrogen (secondary N) is 1. The highest BCUT2D eigenvalue weighted by Gasteiger charge is 2.25. The van der Waals surface area contributed by atoms with Crippen molar-refractivity contribution >= 4 is 48.1 Å². The third-order valence-electron chi connectivity index (χ3n) is 4.28. The maximum absolute atomic E-state index is 12.8. The number of methoxy groups -OCH3 is 2. The summed E-state index contributed by atoms with van der Waals surface area (Å²) in [6.07, 6.45) is 1.09. The SMILES string of the molecule is COCCOc1cc([N+](=O)[O-])c(C(=O)Nc2nc3ccc(S(C)(=O)=O)cc3s2)cc1OC. The third kappa shape index (κ3) is 5.12. The molecule has 1 amide bonds. The number of carbonyl (C=O) groups excluding carboxylic acids is 1. The Balaban J connectivity index is 1.93. The lowest BCUT2D eigenvalue weighted by Gasteiger charge is -2.12. The van der Waals surface area contributed by atoms with Crippen molar-refractivity contribution in [2.45, 2.75) is 4.90 Å². The third-order valence-corrected chi connectivity index (χ3v) is 6.32. The van der Waals surface area contributed by atoms with Crippen LogP contribution in [0, 0.1) is 10.1 Å². The molecule has 0 aliphatic rings. The molecule has 0 aliphatic heterocycles. The number of fused-ring (bicyclic) bond motifs is 1. The number of sulfone groups is 1. The van der Waals surface area contributed by atoms with Gasteiger partial charge in [0.05, 0.1) is 39.8 Å². The van der Waals surface area contributed by atoms with Crippen LogP contribution >= 0.6 is 11.3 Å². The van der Waals surface area contributed by atoms with E-state index in [9.17, 15) is 23.3 Å². The molecule has 0 saturated heterocycles. The van der Waals surface area contributed by atoms with E-state index in [1.165, 1.54) is 38.5 Å². The lowest BCUT2D eigenvalue weighted by molar-refractivity contribution is -0.385. The van der Waals surface area contributed by atoms with Gasteiger partial charge in [-0.3, -0.25) is 20.2 Å². The summed E-state index contributed by atoms with van der Waals surface area (Å²) < 4.78 is 39.6. The highest BCUT2D eigenvalue weighted by atomic mass is 32.2. The summed E-state index contributed by atoms with van der Waals surface area (Å²) in [7, 11) is -0.571. The quantitative estimate of drug-likeness (QED) is 0.277. The van der Waals surface area contributed by atoms with Crippen LogP contribution in [-0.2, 0) is 14.6 Å². The Kier molecular flexibility index (Phi) is 6.91. The molecule has 1 N–H and O–H groups in total. The molecule has 32 heavy (non-hydrogen) atoms. The van der Waals surface area contributed by atoms with Crippen LogP contribution in [0.15, 0.2) is 35.2 Å². The maximum atomic E-state index is 12.8. The smallest absolute Gasteiger partial charge is 0.286 e. The van der Waals surface area contributed by atoms with Gasteiger partial charge >= 0.3 is 0 Å². The number of thiazole rings is 1. The van der Waals surface area contributed by atoms with E-state index < -0.39 is 26.4 Å². The number of anilines is 1. The minimum atomic E-state index is -3.40. The number of nitrogens with zero attached hydrogens (tertiary/aromatic N) is 2. The van der Waals surface area contributed by atoms with Gasteiger partial charge in [0.25, 0.3) is 11.6 Å². The van der Waals surface area contributed by atoms with Gasteiger partial charge in [0.2, 0.25) is 0 Å². The van der Waals surface area contributed by atoms with Gasteiger partial charge in [0, 0.05) is 19.4 Å². The fourth-order valence-corrected chi connectivity index (χ4v) is 4.36. The number of nitro groups is 1. The first-order valence-electron chi connectivity index (χ1n) is 9.04. The number of carbonyl (C=O) groups is 1. The van der Waals surface area contributed by atoms with E-state index in [1.54, 1.807) is 0 Å². The maximum Gasteiger partial charge on any atom is 0.286 e. The minimum absolute atomic E-state index is 0.0982. The molecule has 3 aromatic rings. The predicted octanol–water partition coefficient (Wildman–Crippen LogP) is 2.89. The number of aromatic nitrogens is 1. The predicted molar refractivity (Wildman–Crippen MR) is 118 cm³/mol. The summed E-state index contributed by atoms with van der Waals surface area (Å²) in [6.45, 7) is 0.397. The van der Waals surface area contributed by atoms with Crippen LogP contribution in [0.3, 0.4) is 0 Å². The average molecular weight is 482 g/mol. The van der Waals surface area contributed by atoms with E-state index >= 15 is 0 Å². The van der Waals surface area contributed by atoms with Crippen LogP contribution in [0.2, 0.25) is 0 Å². The second-order valence-electron chi connectivity index (χ2n) is 6.49. The zero-order valence-electron chi connectivity index (χ0n) is 17.3. The summed E-state index contributed by atoms with van der Waals surface area (Å²) in [5.41, 5.74) is -0.245. The highest BCUT2D eigenvalue weighted by molar-refractivity contribution is 7.90. The molecule has 2 aromatic carbocycles. The van der Waals surface area contributed by atoms with Crippen LogP contribution in [0.1, 0.15) is 10.4 Å². The number of hydrogen-bond acceptors (Lipinski definition) is 10. The first-order chi connectivity index (χ1) is 15.1. The molecule has 0 spiro atoms. The molecule has 1 aromatic heterocycles. The van der Waals surface area contributed by atoms with Crippen LogP contribution in [0.5, 0.6) is 11.5 Å². The Bertz CT molecular complexity index is 1290. The van der Waals surface area contributed by atoms with E-state index in [-0.39, 0.29) is 40.3 Å². The number of rotatable bonds is 9. The second-order valence-corrected chi connectivity index (χ2v) is 9.54. The molecule has 0 fully saturated rings. The highest BCUT2D eigenvalue weighted by Crippen LogP contribution is 2.36. The molecule has 13 heteroatoms. The Hall–Kier alpha value is -3.29. The largest absolute Gasteiger partial charge is 0.493 e. The Morgan fingerprint density at radius 1 is 1.19 bits per heavy atom. The van der Waals surface area contributed by atoms with Crippen molar-refractivity contribution < 1.29 is 32.3 Å². The monoisotopic (exact) mass is 481 g/mol. The van der Waals surface area contributed by atoms with Gasteiger partial charge in [0.15, 0.2) is 26.5 Å². The number of benzene rings is 2. The summed E-state index contributed by atoms with van der Waals surface area (Å²) in [4.78, 5) is 28.0. The molecule has 0 saturated carbocycles. The van der Waals surface area contributed by atoms with Gasteiger partial charge in [-0.15, -0.1) is 0 Å². The summed E-state index contributed by atoms with van der Waals surface area (Å²) >= 11 is 1.04. The van der Waals surface area contributed by atoms with Gasteiger partial charge < -0.3 is 14.2 Å². The van der Waals surface area contributed by atoms with Crippen LogP contribution in [0.4, 0.5) is 10.8 Å². The average Bonchev–Trinajstić information content (AvgIpc) is 3.14. The molecule has 0 bridgehead atoms. The van der Waals surface area contributed by atoms with Gasteiger partial charge in [-0.05, 0) is 18.2 Å². The molecular formula is C19H19N3O8S2. The number of hydrogen-bond donors (Lipinski definition) is 1. The second kappa shape index (κ2) is 9.46. The Labute approximate surface area is 187 Å². The summed E-state index contributed by atoms with van der Waals surface area (Å²) in [6, 6.07) is 6.72. The van der Waals surface area contributed by atoms with Crippen molar-refractivity contribution in [3.8, 4) is 11.5 Å². The van der Waals surface area contributed by atoms with E-state index in [2.05, 4.69) is 10.3 Å². The van der Waals surface area contributed by atoms with Gasteiger partial charge in [-0.25, -0.2) is 13.4 Å². The zero-order valence-corrected chi connectivity index (χ0v) is 18.9. The fraction of sp³-hybridized carbons (Fsp3) is 0.263. The van der Waals surface area contributed by atoms with E-state index in [0.717, 1.165) is 23.7 Å². The molecule has 0 radical (unpaired) electrons. The van der Waals surface area contributed by atoms with E-state index in [0.29, 0.717) is 10.2 Å². The number of ether oxygens (including phenoxy) is 3. The van der Waals surface area contributed by atoms with Crippen LogP contribution in [-0.4, -0.2) is 57.9 Å². The van der Waals surface area contributed by atoms with E-state index in [4.69, 9.17) is 14.2 Å². The topological polar surface area (TPSA) is 147 Å². The fourth-order valence-electron chi connectivity index (χ4n) is 2.74. The first-order valence-corrected chi connectivity index (χ1v) is 11.7.